The number of hydrogen-bond donors (Lipinski definition) is 0. The first kappa shape index (κ1) is 8.34. The predicted molar refractivity (Wildman–Crippen MR) is 48.1 cm³/mol. The van der Waals surface area contributed by atoms with Gasteiger partial charge in [-0.05, 0) is 38.1 Å². The average Bonchev–Trinajstić information content (AvgIpc) is 1.93. The topological polar surface area (TPSA) is 9.23 Å². The standard InChI is InChI=1S/C9H11OS/c1-7(2)10-8-3-5-9(11)6-4-8/h3-7H,1-2H3. The maximum Gasteiger partial charge on any atom is 0.119 e. The van der Waals surface area contributed by atoms with Gasteiger partial charge in [-0.1, -0.05) is 12.6 Å². The van der Waals surface area contributed by atoms with Gasteiger partial charge in [-0.25, -0.2) is 0 Å². The van der Waals surface area contributed by atoms with Crippen LogP contribution in [0, 0.1) is 0 Å². The van der Waals surface area contributed by atoms with Gasteiger partial charge in [-0.15, -0.1) is 0 Å². The second kappa shape index (κ2) is 3.58. The predicted octanol–water partition coefficient (Wildman–Crippen LogP) is 3.03. The Labute approximate surface area is 72.8 Å². The zero-order chi connectivity index (χ0) is 8.27. The largest absolute Gasteiger partial charge is 0.491 e. The number of hydrogen-bond acceptors (Lipinski definition) is 1. The summed E-state index contributed by atoms with van der Waals surface area (Å²) in [6.45, 7) is 4.00. The van der Waals surface area contributed by atoms with E-state index in [1.54, 1.807) is 0 Å². The van der Waals surface area contributed by atoms with E-state index in [2.05, 4.69) is 0 Å². The summed E-state index contributed by atoms with van der Waals surface area (Å²) in [5.41, 5.74) is 0. The van der Waals surface area contributed by atoms with Gasteiger partial charge in [0.15, 0.2) is 0 Å². The molecule has 1 aromatic carbocycles. The third kappa shape index (κ3) is 2.76. The summed E-state index contributed by atoms with van der Waals surface area (Å²) < 4.78 is 5.42. The molecule has 1 radical (unpaired) electrons. The van der Waals surface area contributed by atoms with Crippen molar-refractivity contribution in [1.29, 1.82) is 0 Å². The molecule has 1 rings (SSSR count). The summed E-state index contributed by atoms with van der Waals surface area (Å²) in [6.07, 6.45) is 0.228. The van der Waals surface area contributed by atoms with E-state index in [1.807, 2.05) is 38.1 Å². The van der Waals surface area contributed by atoms with Gasteiger partial charge in [-0.2, -0.15) is 0 Å². The summed E-state index contributed by atoms with van der Waals surface area (Å²) in [4.78, 5) is 0.848. The SMILES string of the molecule is CC(C)Oc1ccc([S])cc1. The van der Waals surface area contributed by atoms with E-state index in [1.165, 1.54) is 0 Å². The van der Waals surface area contributed by atoms with E-state index in [0.717, 1.165) is 10.6 Å². The molecule has 0 aliphatic carbocycles. The fourth-order valence-electron chi connectivity index (χ4n) is 0.790. The fraction of sp³-hybridized carbons (Fsp3) is 0.333. The van der Waals surface area contributed by atoms with Gasteiger partial charge in [-0.3, -0.25) is 0 Å². The second-order valence-corrected chi connectivity index (χ2v) is 3.11. The third-order valence-corrected chi connectivity index (χ3v) is 1.47. The molecule has 11 heavy (non-hydrogen) atoms. The van der Waals surface area contributed by atoms with Gasteiger partial charge in [0.2, 0.25) is 0 Å². The van der Waals surface area contributed by atoms with Crippen molar-refractivity contribution < 1.29 is 4.74 Å². The Morgan fingerprint density at radius 1 is 1.18 bits per heavy atom. The Hall–Kier alpha value is -0.760. The molecule has 0 aliphatic rings. The minimum atomic E-state index is 0.228. The molecule has 0 saturated carbocycles. The van der Waals surface area contributed by atoms with Gasteiger partial charge in [0.1, 0.15) is 5.75 Å². The summed E-state index contributed by atoms with van der Waals surface area (Å²) >= 11 is 4.93. The maximum atomic E-state index is 5.42. The lowest BCUT2D eigenvalue weighted by atomic mass is 10.3. The molecule has 1 nitrogen and oxygen atoms in total. The molecule has 0 N–H and O–H groups in total. The highest BCUT2D eigenvalue weighted by molar-refractivity contribution is 7.80. The van der Waals surface area contributed by atoms with E-state index in [4.69, 9.17) is 17.4 Å². The van der Waals surface area contributed by atoms with E-state index in [-0.39, 0.29) is 6.10 Å². The molecule has 0 heterocycles. The minimum absolute atomic E-state index is 0.228. The van der Waals surface area contributed by atoms with E-state index < -0.39 is 0 Å². The third-order valence-electron chi connectivity index (χ3n) is 1.20. The zero-order valence-electron chi connectivity index (χ0n) is 6.70. The monoisotopic (exact) mass is 167 g/mol. The summed E-state index contributed by atoms with van der Waals surface area (Å²) in [6, 6.07) is 7.52. The first-order chi connectivity index (χ1) is 5.18. The maximum absolute atomic E-state index is 5.42. The Morgan fingerprint density at radius 3 is 2.18 bits per heavy atom. The highest BCUT2D eigenvalue weighted by Gasteiger charge is 1.95. The average molecular weight is 167 g/mol. The van der Waals surface area contributed by atoms with Gasteiger partial charge in [0, 0.05) is 4.90 Å². The second-order valence-electron chi connectivity index (χ2n) is 2.64. The van der Waals surface area contributed by atoms with Crippen molar-refractivity contribution in [2.45, 2.75) is 24.8 Å². The van der Waals surface area contributed by atoms with Crippen LogP contribution in [0.1, 0.15) is 13.8 Å². The van der Waals surface area contributed by atoms with Gasteiger partial charge < -0.3 is 4.74 Å². The molecule has 0 aromatic heterocycles. The van der Waals surface area contributed by atoms with Crippen LogP contribution in [0.4, 0.5) is 0 Å². The van der Waals surface area contributed by atoms with Crippen molar-refractivity contribution >= 4 is 12.6 Å². The fourth-order valence-corrected chi connectivity index (χ4v) is 0.926. The number of benzene rings is 1. The van der Waals surface area contributed by atoms with E-state index >= 15 is 0 Å². The molecule has 0 fully saturated rings. The lowest BCUT2D eigenvalue weighted by molar-refractivity contribution is 0.242. The molecule has 2 heteroatoms. The van der Waals surface area contributed by atoms with Crippen LogP contribution in [-0.2, 0) is 0 Å². The molecule has 0 amide bonds. The van der Waals surface area contributed by atoms with E-state index in [9.17, 15) is 0 Å². The number of ether oxygens (including phenoxy) is 1. The summed E-state index contributed by atoms with van der Waals surface area (Å²) in [7, 11) is 0. The smallest absolute Gasteiger partial charge is 0.119 e. The van der Waals surface area contributed by atoms with Crippen LogP contribution in [0.5, 0.6) is 5.75 Å². The molecular formula is C9H11OS. The van der Waals surface area contributed by atoms with Crippen molar-refractivity contribution in [3.05, 3.63) is 24.3 Å². The van der Waals surface area contributed by atoms with Crippen LogP contribution in [-0.4, -0.2) is 6.10 Å². The van der Waals surface area contributed by atoms with Crippen LogP contribution in [0.2, 0.25) is 0 Å². The summed E-state index contributed by atoms with van der Waals surface area (Å²) in [5, 5.41) is 0. The normalized spacial score (nSPS) is 10.1. The molecule has 0 aliphatic heterocycles. The molecule has 0 unspecified atom stereocenters. The van der Waals surface area contributed by atoms with Crippen LogP contribution < -0.4 is 4.74 Å². The van der Waals surface area contributed by atoms with Crippen molar-refractivity contribution in [3.8, 4) is 5.75 Å². The van der Waals surface area contributed by atoms with Crippen LogP contribution in [0.15, 0.2) is 29.2 Å². The highest BCUT2D eigenvalue weighted by Crippen LogP contribution is 2.15. The number of rotatable bonds is 2. The zero-order valence-corrected chi connectivity index (χ0v) is 7.52. The van der Waals surface area contributed by atoms with Crippen LogP contribution in [0.25, 0.3) is 0 Å². The van der Waals surface area contributed by atoms with Crippen molar-refractivity contribution in [2.75, 3.05) is 0 Å². The molecule has 0 saturated heterocycles. The quantitative estimate of drug-likeness (QED) is 0.658. The van der Waals surface area contributed by atoms with Crippen molar-refractivity contribution in [1.82, 2.24) is 0 Å². The molecule has 0 atom stereocenters. The van der Waals surface area contributed by atoms with E-state index in [0.29, 0.717) is 0 Å². The molecule has 0 bridgehead atoms. The minimum Gasteiger partial charge on any atom is -0.491 e. The van der Waals surface area contributed by atoms with Gasteiger partial charge in [0.05, 0.1) is 6.10 Å². The van der Waals surface area contributed by atoms with Crippen LogP contribution in [0.3, 0.4) is 0 Å². The lowest BCUT2D eigenvalue weighted by Gasteiger charge is -2.08. The Kier molecular flexibility index (Phi) is 2.71. The Balaban J connectivity index is 2.66. The Bertz CT molecular complexity index is 216. The first-order valence-electron chi connectivity index (χ1n) is 3.62. The molecule has 59 valence electrons. The lowest BCUT2D eigenvalue weighted by Crippen LogP contribution is -2.04. The highest BCUT2D eigenvalue weighted by atomic mass is 32.1. The van der Waals surface area contributed by atoms with Crippen molar-refractivity contribution in [3.63, 3.8) is 0 Å². The van der Waals surface area contributed by atoms with Gasteiger partial charge >= 0.3 is 0 Å². The summed E-state index contributed by atoms with van der Waals surface area (Å²) in [5.74, 6) is 0.883. The molecule has 1 aromatic rings. The van der Waals surface area contributed by atoms with Gasteiger partial charge in [0.25, 0.3) is 0 Å². The van der Waals surface area contributed by atoms with Crippen LogP contribution >= 0.6 is 12.6 Å². The molecular weight excluding hydrogens is 156 g/mol. The van der Waals surface area contributed by atoms with Crippen molar-refractivity contribution in [2.24, 2.45) is 0 Å². The first-order valence-corrected chi connectivity index (χ1v) is 4.03. The molecule has 0 spiro atoms. The Morgan fingerprint density at radius 2 is 1.73 bits per heavy atom.